The summed E-state index contributed by atoms with van der Waals surface area (Å²) in [5.74, 6) is -1.53. The Kier molecular flexibility index (Phi) is 4.61. The maximum absolute atomic E-state index is 12.9. The molecule has 0 bridgehead atoms. The van der Waals surface area contributed by atoms with E-state index >= 15 is 0 Å². The lowest BCUT2D eigenvalue weighted by Crippen LogP contribution is -2.08. The van der Waals surface area contributed by atoms with Gasteiger partial charge in [-0.15, -0.1) is 11.3 Å². The molecule has 1 atom stereocenters. The average Bonchev–Trinajstić information content (AvgIpc) is 2.86. The second-order valence-corrected chi connectivity index (χ2v) is 5.52. The Bertz CT molecular complexity index is 725. The van der Waals surface area contributed by atoms with Crippen LogP contribution in [-0.4, -0.2) is 10.8 Å². The van der Waals surface area contributed by atoms with Crippen LogP contribution in [0.25, 0.3) is 5.57 Å². The normalized spacial score (nSPS) is 12.8. The first kappa shape index (κ1) is 15.1. The van der Waals surface area contributed by atoms with Gasteiger partial charge in [0.2, 0.25) is 0 Å². The predicted molar refractivity (Wildman–Crippen MR) is 80.3 cm³/mol. The molecule has 0 aliphatic heterocycles. The molecule has 2 rings (SSSR count). The van der Waals surface area contributed by atoms with Crippen LogP contribution in [0.5, 0.6) is 0 Å². The molecular weight excluding hydrogens is 287 g/mol. The van der Waals surface area contributed by atoms with E-state index in [0.717, 1.165) is 11.3 Å². The van der Waals surface area contributed by atoms with Crippen molar-refractivity contribution in [3.8, 4) is 6.07 Å². The first-order valence-corrected chi connectivity index (χ1v) is 7.19. The highest BCUT2D eigenvalue weighted by atomic mass is 32.1. The molecule has 106 valence electrons. The summed E-state index contributed by atoms with van der Waals surface area (Å²) in [4.78, 5) is 16.4. The summed E-state index contributed by atoms with van der Waals surface area (Å²) in [7, 11) is 0. The highest BCUT2D eigenvalue weighted by molar-refractivity contribution is 7.10. The number of carbonyl (C=O) groups excluding carboxylic acids is 1. The topological polar surface area (TPSA) is 53.8 Å². The summed E-state index contributed by atoms with van der Waals surface area (Å²) in [6.45, 7) is 3.57. The summed E-state index contributed by atoms with van der Waals surface area (Å²) in [5.41, 5.74) is 2.23. The Morgan fingerprint density at radius 3 is 2.62 bits per heavy atom. The van der Waals surface area contributed by atoms with Gasteiger partial charge < -0.3 is 0 Å². The van der Waals surface area contributed by atoms with E-state index in [0.29, 0.717) is 10.6 Å². The maximum atomic E-state index is 12.9. The van der Waals surface area contributed by atoms with Gasteiger partial charge in [0.25, 0.3) is 0 Å². The molecule has 1 unspecified atom stereocenters. The lowest BCUT2D eigenvalue weighted by molar-refractivity contribution is -0.114. The van der Waals surface area contributed by atoms with Crippen LogP contribution >= 0.6 is 11.3 Å². The minimum atomic E-state index is -0.890. The number of nitrogens with zero attached hydrogens (tertiary/aromatic N) is 2. The molecule has 0 aliphatic carbocycles. The number of carbonyl (C=O) groups is 1. The van der Waals surface area contributed by atoms with E-state index in [4.69, 9.17) is 0 Å². The molecule has 0 aliphatic rings. The molecule has 0 fully saturated rings. The first-order chi connectivity index (χ1) is 10.0. The lowest BCUT2D eigenvalue weighted by Gasteiger charge is -2.04. The van der Waals surface area contributed by atoms with Gasteiger partial charge in [-0.3, -0.25) is 4.79 Å². The summed E-state index contributed by atoms with van der Waals surface area (Å²) in [5, 5.41) is 11.5. The standard InChI is InChI=1S/C16H13FN2OS/c1-10(12-3-5-13(17)6-4-12)7-15(20)14(8-18)16-19-11(2)9-21-16/h3-7,9,14H,1-2H3/b10-7+. The van der Waals surface area contributed by atoms with E-state index in [1.807, 2.05) is 18.4 Å². The van der Waals surface area contributed by atoms with Crippen molar-refractivity contribution in [3.63, 3.8) is 0 Å². The molecule has 0 amide bonds. The van der Waals surface area contributed by atoms with Crippen molar-refractivity contribution < 1.29 is 9.18 Å². The van der Waals surface area contributed by atoms with E-state index in [9.17, 15) is 14.4 Å². The highest BCUT2D eigenvalue weighted by Gasteiger charge is 2.21. The number of rotatable bonds is 4. The Morgan fingerprint density at radius 2 is 2.10 bits per heavy atom. The molecule has 1 aromatic heterocycles. The summed E-state index contributed by atoms with van der Waals surface area (Å²) in [6, 6.07) is 7.87. The maximum Gasteiger partial charge on any atom is 0.180 e. The zero-order chi connectivity index (χ0) is 15.4. The Morgan fingerprint density at radius 1 is 1.43 bits per heavy atom. The van der Waals surface area contributed by atoms with E-state index in [-0.39, 0.29) is 11.6 Å². The van der Waals surface area contributed by atoms with Crippen LogP contribution in [0.1, 0.15) is 29.1 Å². The summed E-state index contributed by atoms with van der Waals surface area (Å²) in [6.07, 6.45) is 1.41. The molecule has 5 heteroatoms. The molecule has 3 nitrogen and oxygen atoms in total. The van der Waals surface area contributed by atoms with Gasteiger partial charge in [-0.2, -0.15) is 5.26 Å². The largest absolute Gasteiger partial charge is 0.293 e. The van der Waals surface area contributed by atoms with Gasteiger partial charge in [0.05, 0.1) is 6.07 Å². The molecule has 0 saturated carbocycles. The van der Waals surface area contributed by atoms with Crippen molar-refractivity contribution in [2.24, 2.45) is 0 Å². The Balaban J connectivity index is 2.24. The van der Waals surface area contributed by atoms with Crippen molar-refractivity contribution in [1.29, 1.82) is 5.26 Å². The molecule has 0 saturated heterocycles. The molecule has 2 aromatic rings. The van der Waals surface area contributed by atoms with E-state index in [1.54, 1.807) is 19.1 Å². The fraction of sp³-hybridized carbons (Fsp3) is 0.188. The van der Waals surface area contributed by atoms with Crippen LogP contribution in [0.2, 0.25) is 0 Å². The number of aromatic nitrogens is 1. The van der Waals surface area contributed by atoms with Gasteiger partial charge in [0.15, 0.2) is 11.7 Å². The van der Waals surface area contributed by atoms with Crippen LogP contribution in [0.4, 0.5) is 4.39 Å². The minimum Gasteiger partial charge on any atom is -0.293 e. The fourth-order valence-electron chi connectivity index (χ4n) is 1.84. The van der Waals surface area contributed by atoms with E-state index in [2.05, 4.69) is 4.98 Å². The second kappa shape index (κ2) is 6.42. The molecule has 21 heavy (non-hydrogen) atoms. The van der Waals surface area contributed by atoms with Gasteiger partial charge in [-0.05, 0) is 43.2 Å². The van der Waals surface area contributed by atoms with Gasteiger partial charge >= 0.3 is 0 Å². The van der Waals surface area contributed by atoms with Crippen LogP contribution < -0.4 is 0 Å². The summed E-state index contributed by atoms with van der Waals surface area (Å²) < 4.78 is 12.9. The van der Waals surface area contributed by atoms with Crippen LogP contribution in [0, 0.1) is 24.1 Å². The van der Waals surface area contributed by atoms with Gasteiger partial charge in [0, 0.05) is 11.1 Å². The zero-order valence-corrected chi connectivity index (χ0v) is 12.4. The third-order valence-electron chi connectivity index (χ3n) is 2.96. The first-order valence-electron chi connectivity index (χ1n) is 6.31. The van der Waals surface area contributed by atoms with Crippen molar-refractivity contribution in [1.82, 2.24) is 4.98 Å². The average molecular weight is 300 g/mol. The number of hydrogen-bond acceptors (Lipinski definition) is 4. The van der Waals surface area contributed by atoms with E-state index < -0.39 is 5.92 Å². The van der Waals surface area contributed by atoms with Gasteiger partial charge in [-0.1, -0.05) is 12.1 Å². The van der Waals surface area contributed by atoms with Crippen molar-refractivity contribution in [3.05, 3.63) is 57.8 Å². The number of aryl methyl sites for hydroxylation is 1. The predicted octanol–water partition coefficient (Wildman–Crippen LogP) is 3.87. The zero-order valence-electron chi connectivity index (χ0n) is 11.6. The second-order valence-electron chi connectivity index (χ2n) is 4.63. The lowest BCUT2D eigenvalue weighted by atomic mass is 10.0. The van der Waals surface area contributed by atoms with Crippen molar-refractivity contribution >= 4 is 22.7 Å². The number of benzene rings is 1. The number of ketones is 1. The number of nitriles is 1. The molecule has 1 heterocycles. The number of allylic oxidation sites excluding steroid dienone is 2. The highest BCUT2D eigenvalue weighted by Crippen LogP contribution is 2.23. The monoisotopic (exact) mass is 300 g/mol. The van der Waals surface area contributed by atoms with Crippen LogP contribution in [-0.2, 0) is 4.79 Å². The van der Waals surface area contributed by atoms with Crippen LogP contribution in [0.15, 0.2) is 35.7 Å². The van der Waals surface area contributed by atoms with Crippen molar-refractivity contribution in [2.45, 2.75) is 19.8 Å². The Labute approximate surface area is 126 Å². The SMILES string of the molecule is C/C(=C\C(=O)C(C#N)c1nc(C)cs1)c1ccc(F)cc1. The third kappa shape index (κ3) is 3.61. The fourth-order valence-corrected chi connectivity index (χ4v) is 2.68. The quantitative estimate of drug-likeness (QED) is 0.805. The van der Waals surface area contributed by atoms with E-state index in [1.165, 1.54) is 29.5 Å². The number of hydrogen-bond donors (Lipinski definition) is 0. The molecule has 1 aromatic carbocycles. The number of thiazole rings is 1. The minimum absolute atomic E-state index is 0.311. The number of halogens is 1. The Hall–Kier alpha value is -2.32. The summed E-state index contributed by atoms with van der Waals surface area (Å²) >= 11 is 1.30. The third-order valence-corrected chi connectivity index (χ3v) is 3.98. The van der Waals surface area contributed by atoms with Crippen molar-refractivity contribution in [2.75, 3.05) is 0 Å². The molecular formula is C16H13FN2OS. The molecule has 0 radical (unpaired) electrons. The molecule has 0 N–H and O–H groups in total. The van der Waals surface area contributed by atoms with Gasteiger partial charge in [-0.25, -0.2) is 9.37 Å². The smallest absolute Gasteiger partial charge is 0.180 e. The molecule has 0 spiro atoms. The van der Waals surface area contributed by atoms with Crippen LogP contribution in [0.3, 0.4) is 0 Å². The van der Waals surface area contributed by atoms with Gasteiger partial charge in [0.1, 0.15) is 10.8 Å².